The molecular formula is C17H27N5O2. The third kappa shape index (κ3) is 3.55. The summed E-state index contributed by atoms with van der Waals surface area (Å²) in [6.07, 6.45) is 5.96. The molecule has 1 aromatic heterocycles. The van der Waals surface area contributed by atoms with Gasteiger partial charge >= 0.3 is 6.03 Å². The van der Waals surface area contributed by atoms with E-state index in [1.54, 1.807) is 6.20 Å². The standard InChI is InChI=1S/C17H27N5O2/c1-17(2,3)22-11-13(9-14(22)23)20-16(24)21-8-4-5-12(10-21)15-18-6-7-19-15/h6-7,12-13H,4-5,8-11H2,1-3H3,(H,18,19)(H,20,24)/t12-,13+/m0/s1. The summed E-state index contributed by atoms with van der Waals surface area (Å²) in [7, 11) is 0. The Morgan fingerprint density at radius 2 is 2.17 bits per heavy atom. The number of imidazole rings is 1. The number of piperidine rings is 1. The number of aromatic nitrogens is 2. The van der Waals surface area contributed by atoms with E-state index in [0.717, 1.165) is 25.2 Å². The first-order valence-corrected chi connectivity index (χ1v) is 8.70. The second-order valence-electron chi connectivity index (χ2n) is 7.79. The van der Waals surface area contributed by atoms with E-state index in [-0.39, 0.29) is 29.4 Å². The maximum Gasteiger partial charge on any atom is 0.317 e. The van der Waals surface area contributed by atoms with Crippen molar-refractivity contribution in [3.8, 4) is 0 Å². The average molecular weight is 333 g/mol. The van der Waals surface area contributed by atoms with Crippen LogP contribution in [0.1, 0.15) is 51.8 Å². The fourth-order valence-electron chi connectivity index (χ4n) is 3.60. The van der Waals surface area contributed by atoms with Crippen molar-refractivity contribution in [3.05, 3.63) is 18.2 Å². The highest BCUT2D eigenvalue weighted by Gasteiger charge is 2.37. The summed E-state index contributed by atoms with van der Waals surface area (Å²) in [5.41, 5.74) is -0.202. The van der Waals surface area contributed by atoms with Crippen molar-refractivity contribution in [1.82, 2.24) is 25.1 Å². The average Bonchev–Trinajstić information content (AvgIpc) is 3.16. The van der Waals surface area contributed by atoms with Gasteiger partial charge in [-0.3, -0.25) is 4.79 Å². The minimum atomic E-state index is -0.202. The zero-order chi connectivity index (χ0) is 17.3. The predicted molar refractivity (Wildman–Crippen MR) is 90.5 cm³/mol. The van der Waals surface area contributed by atoms with Gasteiger partial charge in [0.1, 0.15) is 5.82 Å². The number of hydrogen-bond donors (Lipinski definition) is 2. The van der Waals surface area contributed by atoms with Crippen LogP contribution in [0.25, 0.3) is 0 Å². The largest absolute Gasteiger partial charge is 0.348 e. The monoisotopic (exact) mass is 333 g/mol. The van der Waals surface area contributed by atoms with E-state index < -0.39 is 0 Å². The first-order valence-electron chi connectivity index (χ1n) is 8.70. The molecule has 7 heteroatoms. The summed E-state index contributed by atoms with van der Waals surface area (Å²) in [5.74, 6) is 1.32. The van der Waals surface area contributed by atoms with Crippen LogP contribution >= 0.6 is 0 Å². The number of hydrogen-bond acceptors (Lipinski definition) is 3. The molecule has 0 bridgehead atoms. The minimum Gasteiger partial charge on any atom is -0.348 e. The van der Waals surface area contributed by atoms with Gasteiger partial charge in [-0.15, -0.1) is 0 Å². The van der Waals surface area contributed by atoms with Crippen molar-refractivity contribution < 1.29 is 9.59 Å². The summed E-state index contributed by atoms with van der Waals surface area (Å²) in [5, 5.41) is 3.04. The van der Waals surface area contributed by atoms with Crippen LogP contribution in [0.5, 0.6) is 0 Å². The zero-order valence-corrected chi connectivity index (χ0v) is 14.7. The van der Waals surface area contributed by atoms with Gasteiger partial charge in [-0.25, -0.2) is 9.78 Å². The van der Waals surface area contributed by atoms with Crippen LogP contribution in [0.2, 0.25) is 0 Å². The lowest BCUT2D eigenvalue weighted by Crippen LogP contribution is -2.50. The molecule has 0 aromatic carbocycles. The molecule has 7 nitrogen and oxygen atoms in total. The highest BCUT2D eigenvalue weighted by atomic mass is 16.2. The lowest BCUT2D eigenvalue weighted by atomic mass is 9.97. The molecular weight excluding hydrogens is 306 g/mol. The van der Waals surface area contributed by atoms with Crippen molar-refractivity contribution in [1.29, 1.82) is 0 Å². The second kappa shape index (κ2) is 6.45. The van der Waals surface area contributed by atoms with Crippen LogP contribution in [0, 0.1) is 0 Å². The highest BCUT2D eigenvalue weighted by molar-refractivity contribution is 5.82. The maximum absolute atomic E-state index is 12.6. The molecule has 2 atom stereocenters. The number of H-pyrrole nitrogens is 1. The molecule has 1 aromatic rings. The predicted octanol–water partition coefficient (Wildman–Crippen LogP) is 1.70. The van der Waals surface area contributed by atoms with Gasteiger partial charge in [0.15, 0.2) is 0 Å². The minimum absolute atomic E-state index is 0.0696. The summed E-state index contributed by atoms with van der Waals surface area (Å²) in [6, 6.07) is -0.173. The van der Waals surface area contributed by atoms with Crippen molar-refractivity contribution in [2.45, 2.75) is 57.5 Å². The summed E-state index contributed by atoms with van der Waals surface area (Å²) in [6.45, 7) is 8.08. The van der Waals surface area contributed by atoms with Gasteiger partial charge in [-0.05, 0) is 33.6 Å². The van der Waals surface area contributed by atoms with Gasteiger partial charge in [-0.2, -0.15) is 0 Å². The van der Waals surface area contributed by atoms with Crippen LogP contribution in [0.4, 0.5) is 4.79 Å². The number of nitrogens with one attached hydrogen (secondary N) is 2. The van der Waals surface area contributed by atoms with Gasteiger partial charge in [0.2, 0.25) is 5.91 Å². The van der Waals surface area contributed by atoms with E-state index in [1.165, 1.54) is 0 Å². The molecule has 2 N–H and O–H groups in total. The molecule has 3 rings (SSSR count). The molecule has 0 spiro atoms. The quantitative estimate of drug-likeness (QED) is 0.864. The van der Waals surface area contributed by atoms with Gasteiger partial charge in [0.05, 0.1) is 6.04 Å². The summed E-state index contributed by atoms with van der Waals surface area (Å²) in [4.78, 5) is 35.9. The third-order valence-corrected chi connectivity index (χ3v) is 4.88. The number of likely N-dealkylation sites (tertiary alicyclic amines) is 2. The lowest BCUT2D eigenvalue weighted by molar-refractivity contribution is -0.131. The van der Waals surface area contributed by atoms with Crippen molar-refractivity contribution in [2.24, 2.45) is 0 Å². The Bertz CT molecular complexity index is 593. The first kappa shape index (κ1) is 16.8. The van der Waals surface area contributed by atoms with Crippen LogP contribution in [0.15, 0.2) is 12.4 Å². The van der Waals surface area contributed by atoms with E-state index in [9.17, 15) is 9.59 Å². The number of nitrogens with zero attached hydrogens (tertiary/aromatic N) is 3. The van der Waals surface area contributed by atoms with Crippen LogP contribution < -0.4 is 5.32 Å². The van der Waals surface area contributed by atoms with Crippen molar-refractivity contribution in [2.75, 3.05) is 19.6 Å². The van der Waals surface area contributed by atoms with Crippen LogP contribution in [-0.2, 0) is 4.79 Å². The molecule has 2 saturated heterocycles. The lowest BCUT2D eigenvalue weighted by Gasteiger charge is -2.34. The van der Waals surface area contributed by atoms with Crippen molar-refractivity contribution >= 4 is 11.9 Å². The Hall–Kier alpha value is -2.05. The van der Waals surface area contributed by atoms with E-state index in [1.807, 2.05) is 36.8 Å². The normalized spacial score (nSPS) is 25.2. The van der Waals surface area contributed by atoms with Gasteiger partial charge in [0, 0.05) is 49.9 Å². The van der Waals surface area contributed by atoms with E-state index in [0.29, 0.717) is 19.5 Å². The maximum atomic E-state index is 12.6. The van der Waals surface area contributed by atoms with E-state index >= 15 is 0 Å². The molecule has 3 heterocycles. The summed E-state index contributed by atoms with van der Waals surface area (Å²) >= 11 is 0. The molecule has 132 valence electrons. The van der Waals surface area contributed by atoms with Gasteiger partial charge in [-0.1, -0.05) is 0 Å². The fraction of sp³-hybridized carbons (Fsp3) is 0.706. The Kier molecular flexibility index (Phi) is 4.51. The molecule has 0 radical (unpaired) electrons. The molecule has 2 aliphatic rings. The van der Waals surface area contributed by atoms with Gasteiger partial charge < -0.3 is 20.1 Å². The fourth-order valence-corrected chi connectivity index (χ4v) is 3.60. The summed E-state index contributed by atoms with van der Waals surface area (Å²) < 4.78 is 0. The van der Waals surface area contributed by atoms with E-state index in [4.69, 9.17) is 0 Å². The number of carbonyl (C=O) groups excluding carboxylic acids is 2. The molecule has 3 amide bonds. The Morgan fingerprint density at radius 3 is 2.79 bits per heavy atom. The number of aromatic amines is 1. The number of rotatable bonds is 2. The topological polar surface area (TPSA) is 81.3 Å². The smallest absolute Gasteiger partial charge is 0.317 e. The molecule has 0 unspecified atom stereocenters. The molecule has 2 fully saturated rings. The SMILES string of the molecule is CC(C)(C)N1C[C@H](NC(=O)N2CCC[C@H](c3ncc[nH]3)C2)CC1=O. The number of amides is 3. The third-order valence-electron chi connectivity index (χ3n) is 4.88. The molecule has 24 heavy (non-hydrogen) atoms. The van der Waals surface area contributed by atoms with Gasteiger partial charge in [0.25, 0.3) is 0 Å². The number of urea groups is 1. The van der Waals surface area contributed by atoms with Crippen molar-refractivity contribution in [3.63, 3.8) is 0 Å². The Balaban J connectivity index is 1.56. The Morgan fingerprint density at radius 1 is 1.38 bits per heavy atom. The van der Waals surface area contributed by atoms with E-state index in [2.05, 4.69) is 15.3 Å². The Labute approximate surface area is 142 Å². The highest BCUT2D eigenvalue weighted by Crippen LogP contribution is 2.25. The first-order chi connectivity index (χ1) is 11.3. The zero-order valence-electron chi connectivity index (χ0n) is 14.7. The van der Waals surface area contributed by atoms with Crippen LogP contribution in [0.3, 0.4) is 0 Å². The second-order valence-corrected chi connectivity index (χ2v) is 7.79. The molecule has 2 aliphatic heterocycles. The molecule has 0 aliphatic carbocycles. The molecule has 0 saturated carbocycles. The number of carbonyl (C=O) groups is 2. The van der Waals surface area contributed by atoms with Crippen LogP contribution in [-0.4, -0.2) is 62.9 Å².